The first-order valence-electron chi connectivity index (χ1n) is 9.41. The summed E-state index contributed by atoms with van der Waals surface area (Å²) in [5.74, 6) is 0.113. The largest absolute Gasteiger partial charge is 0.343 e. The highest BCUT2D eigenvalue weighted by Gasteiger charge is 2.36. The van der Waals surface area contributed by atoms with E-state index in [9.17, 15) is 9.59 Å². The Kier molecular flexibility index (Phi) is 4.61. The van der Waals surface area contributed by atoms with E-state index in [2.05, 4.69) is 10.3 Å². The minimum absolute atomic E-state index is 0.0350. The number of hydrogen-bond donors (Lipinski definition) is 1. The van der Waals surface area contributed by atoms with Crippen LogP contribution in [-0.4, -0.2) is 45.5 Å². The average Bonchev–Trinajstić information content (AvgIpc) is 3.12. The van der Waals surface area contributed by atoms with E-state index in [1.54, 1.807) is 22.2 Å². The molecule has 2 aromatic heterocycles. The maximum atomic E-state index is 12.7. The highest BCUT2D eigenvalue weighted by molar-refractivity contribution is 7.18. The summed E-state index contributed by atoms with van der Waals surface area (Å²) in [6.45, 7) is 4.36. The van der Waals surface area contributed by atoms with Crippen LogP contribution >= 0.6 is 11.3 Å². The normalized spacial score (nSPS) is 25.0. The van der Waals surface area contributed by atoms with Crippen molar-refractivity contribution in [3.8, 4) is 0 Å². The van der Waals surface area contributed by atoms with Gasteiger partial charge in [0.15, 0.2) is 0 Å². The lowest BCUT2D eigenvalue weighted by atomic mass is 9.98. The number of carbonyl (C=O) groups excluding carboxylic acids is 1. The SMILES string of the molecule is Cc1sc2ncn(CCC(=O)N(C)C3CC4CCC(C3)N4)c(=O)c2c1C. The molecular formula is C19H26N4O2S. The van der Waals surface area contributed by atoms with E-state index < -0.39 is 0 Å². The standard InChI is InChI=1S/C19H26N4O2S/c1-11-12(2)26-18-17(11)19(25)23(10-20-18)7-6-16(24)22(3)15-8-13-4-5-14(9-15)21-13/h10,13-15,21H,4-9H2,1-3H3. The van der Waals surface area contributed by atoms with Gasteiger partial charge in [-0.15, -0.1) is 11.3 Å². The van der Waals surface area contributed by atoms with Crippen molar-refractivity contribution in [2.24, 2.45) is 0 Å². The fourth-order valence-electron chi connectivity index (χ4n) is 4.37. The van der Waals surface area contributed by atoms with Gasteiger partial charge in [0.2, 0.25) is 5.91 Å². The molecule has 1 amide bonds. The molecule has 2 atom stereocenters. The number of nitrogens with zero attached hydrogens (tertiary/aromatic N) is 3. The maximum Gasteiger partial charge on any atom is 0.262 e. The first kappa shape index (κ1) is 17.7. The molecule has 4 rings (SSSR count). The van der Waals surface area contributed by atoms with Gasteiger partial charge in [-0.1, -0.05) is 0 Å². The Balaban J connectivity index is 1.44. The topological polar surface area (TPSA) is 67.2 Å². The van der Waals surface area contributed by atoms with Gasteiger partial charge in [-0.3, -0.25) is 14.2 Å². The number of aromatic nitrogens is 2. The summed E-state index contributed by atoms with van der Waals surface area (Å²) in [6.07, 6.45) is 6.45. The fraction of sp³-hybridized carbons (Fsp3) is 0.632. The molecule has 4 heterocycles. The van der Waals surface area contributed by atoms with E-state index in [0.717, 1.165) is 28.1 Å². The quantitative estimate of drug-likeness (QED) is 0.891. The van der Waals surface area contributed by atoms with Crippen LogP contribution in [0.1, 0.15) is 42.5 Å². The van der Waals surface area contributed by atoms with E-state index in [1.165, 1.54) is 12.8 Å². The van der Waals surface area contributed by atoms with E-state index in [1.807, 2.05) is 25.8 Å². The Morgan fingerprint density at radius 2 is 2.04 bits per heavy atom. The third-order valence-corrected chi connectivity index (χ3v) is 7.23. The Hall–Kier alpha value is -1.73. The van der Waals surface area contributed by atoms with Crippen molar-refractivity contribution in [3.63, 3.8) is 0 Å². The third-order valence-electron chi connectivity index (χ3n) is 6.11. The van der Waals surface area contributed by atoms with Gasteiger partial charge in [-0.25, -0.2) is 4.98 Å². The highest BCUT2D eigenvalue weighted by Crippen LogP contribution is 2.29. The molecule has 6 nitrogen and oxygen atoms in total. The molecule has 1 N–H and O–H groups in total. The molecule has 0 radical (unpaired) electrons. The Bertz CT molecular complexity index is 891. The lowest BCUT2D eigenvalue weighted by Gasteiger charge is -2.35. The van der Waals surface area contributed by atoms with Crippen LogP contribution < -0.4 is 10.9 Å². The van der Waals surface area contributed by atoms with Crippen molar-refractivity contribution in [2.45, 2.75) is 70.6 Å². The van der Waals surface area contributed by atoms with Crippen LogP contribution in [0.4, 0.5) is 0 Å². The number of thiophene rings is 1. The summed E-state index contributed by atoms with van der Waals surface area (Å²) in [6, 6.07) is 1.45. The number of nitrogens with one attached hydrogen (secondary N) is 1. The fourth-order valence-corrected chi connectivity index (χ4v) is 5.36. The second-order valence-corrected chi connectivity index (χ2v) is 8.93. The second-order valence-electron chi connectivity index (χ2n) is 7.72. The number of piperidine rings is 1. The number of aryl methyl sites for hydroxylation is 3. The molecule has 0 saturated carbocycles. The molecule has 2 bridgehead atoms. The molecule has 140 valence electrons. The van der Waals surface area contributed by atoms with Crippen molar-refractivity contribution in [1.29, 1.82) is 0 Å². The van der Waals surface area contributed by atoms with Gasteiger partial charge in [-0.05, 0) is 45.1 Å². The molecular weight excluding hydrogens is 348 g/mol. The summed E-state index contributed by atoms with van der Waals surface area (Å²) in [5, 5.41) is 4.31. The summed E-state index contributed by atoms with van der Waals surface area (Å²) in [4.78, 5) is 33.6. The Morgan fingerprint density at radius 1 is 1.35 bits per heavy atom. The Morgan fingerprint density at radius 3 is 2.73 bits per heavy atom. The predicted octanol–water partition coefficient (Wildman–Crippen LogP) is 2.21. The number of rotatable bonds is 4. The van der Waals surface area contributed by atoms with Crippen LogP contribution in [0.15, 0.2) is 11.1 Å². The molecule has 7 heteroatoms. The zero-order valence-electron chi connectivity index (χ0n) is 15.6. The van der Waals surface area contributed by atoms with Crippen molar-refractivity contribution < 1.29 is 4.79 Å². The number of fused-ring (bicyclic) bond motifs is 3. The van der Waals surface area contributed by atoms with Gasteiger partial charge in [0.25, 0.3) is 5.56 Å². The van der Waals surface area contributed by atoms with Crippen molar-refractivity contribution >= 4 is 27.5 Å². The lowest BCUT2D eigenvalue weighted by Crippen LogP contribution is -2.48. The van der Waals surface area contributed by atoms with Crippen LogP contribution in [0.5, 0.6) is 0 Å². The molecule has 2 fully saturated rings. The van der Waals surface area contributed by atoms with E-state index in [4.69, 9.17) is 0 Å². The molecule has 2 aliphatic rings. The lowest BCUT2D eigenvalue weighted by molar-refractivity contribution is -0.132. The second kappa shape index (κ2) is 6.78. The van der Waals surface area contributed by atoms with E-state index >= 15 is 0 Å². The number of hydrogen-bond acceptors (Lipinski definition) is 5. The molecule has 0 aliphatic carbocycles. The number of carbonyl (C=O) groups is 1. The van der Waals surface area contributed by atoms with Crippen LogP contribution in [-0.2, 0) is 11.3 Å². The van der Waals surface area contributed by atoms with E-state index in [0.29, 0.717) is 36.5 Å². The van der Waals surface area contributed by atoms with Crippen molar-refractivity contribution in [2.75, 3.05) is 7.05 Å². The van der Waals surface area contributed by atoms with Gasteiger partial charge in [0, 0.05) is 43.0 Å². The predicted molar refractivity (Wildman–Crippen MR) is 104 cm³/mol. The van der Waals surface area contributed by atoms with Crippen LogP contribution in [0, 0.1) is 13.8 Å². The smallest absolute Gasteiger partial charge is 0.262 e. The minimum atomic E-state index is -0.0350. The van der Waals surface area contributed by atoms with Gasteiger partial charge < -0.3 is 10.2 Å². The summed E-state index contributed by atoms with van der Waals surface area (Å²) in [7, 11) is 1.91. The van der Waals surface area contributed by atoms with Crippen molar-refractivity contribution in [3.05, 3.63) is 27.1 Å². The van der Waals surface area contributed by atoms with Gasteiger partial charge in [0.1, 0.15) is 4.83 Å². The monoisotopic (exact) mass is 374 g/mol. The molecule has 2 aromatic rings. The molecule has 2 aliphatic heterocycles. The molecule has 2 unspecified atom stereocenters. The molecule has 0 aromatic carbocycles. The first-order chi connectivity index (χ1) is 12.4. The van der Waals surface area contributed by atoms with Gasteiger partial charge in [-0.2, -0.15) is 0 Å². The van der Waals surface area contributed by atoms with Gasteiger partial charge >= 0.3 is 0 Å². The van der Waals surface area contributed by atoms with E-state index in [-0.39, 0.29) is 11.5 Å². The third kappa shape index (κ3) is 3.07. The van der Waals surface area contributed by atoms with Crippen LogP contribution in [0.25, 0.3) is 10.2 Å². The summed E-state index contributed by atoms with van der Waals surface area (Å²) in [5.41, 5.74) is 0.970. The van der Waals surface area contributed by atoms with Crippen LogP contribution in [0.3, 0.4) is 0 Å². The zero-order chi connectivity index (χ0) is 18.4. The first-order valence-corrected chi connectivity index (χ1v) is 10.2. The Labute approximate surface area is 157 Å². The van der Waals surface area contributed by atoms with Crippen molar-refractivity contribution in [1.82, 2.24) is 19.8 Å². The molecule has 0 spiro atoms. The van der Waals surface area contributed by atoms with Crippen LogP contribution in [0.2, 0.25) is 0 Å². The molecule has 2 saturated heterocycles. The van der Waals surface area contributed by atoms with Gasteiger partial charge in [0.05, 0.1) is 11.7 Å². The maximum absolute atomic E-state index is 12.7. The summed E-state index contributed by atoms with van der Waals surface area (Å²) < 4.78 is 1.58. The zero-order valence-corrected chi connectivity index (χ0v) is 16.4. The minimum Gasteiger partial charge on any atom is -0.343 e. The highest BCUT2D eigenvalue weighted by atomic mass is 32.1. The molecule has 26 heavy (non-hydrogen) atoms. The summed E-state index contributed by atoms with van der Waals surface area (Å²) >= 11 is 1.55. The average molecular weight is 375 g/mol. The number of amides is 1.